The van der Waals surface area contributed by atoms with E-state index in [1.807, 2.05) is 12.1 Å². The summed E-state index contributed by atoms with van der Waals surface area (Å²) in [4.78, 5) is 11.1. The van der Waals surface area contributed by atoms with E-state index < -0.39 is 5.38 Å². The van der Waals surface area contributed by atoms with Crippen molar-refractivity contribution in [1.29, 1.82) is 0 Å². The van der Waals surface area contributed by atoms with Gasteiger partial charge in [-0.3, -0.25) is 4.79 Å². The van der Waals surface area contributed by atoms with Crippen LogP contribution in [-0.2, 0) is 11.2 Å². The second-order valence-corrected chi connectivity index (χ2v) is 4.25. The number of carbonyl (C=O) groups is 1. The fourth-order valence-corrected chi connectivity index (χ4v) is 1.61. The van der Waals surface area contributed by atoms with Crippen LogP contribution in [0.4, 0.5) is 0 Å². The number of hydrogen-bond acceptors (Lipinski definition) is 1. The van der Waals surface area contributed by atoms with Crippen molar-refractivity contribution in [3.8, 4) is 0 Å². The predicted octanol–water partition coefficient (Wildman–Crippen LogP) is 3.90. The molecule has 15 heavy (non-hydrogen) atoms. The third kappa shape index (κ3) is 3.67. The summed E-state index contributed by atoms with van der Waals surface area (Å²) >= 11 is 5.95. The summed E-state index contributed by atoms with van der Waals surface area (Å²) in [5.41, 5.74) is 2.21. The Morgan fingerprint density at radius 1 is 1.33 bits per heavy atom. The van der Waals surface area contributed by atoms with E-state index in [-0.39, 0.29) is 5.78 Å². The van der Waals surface area contributed by atoms with Gasteiger partial charge in [0.2, 0.25) is 0 Å². The van der Waals surface area contributed by atoms with Crippen LogP contribution >= 0.6 is 11.6 Å². The van der Waals surface area contributed by atoms with Gasteiger partial charge in [0.15, 0.2) is 5.78 Å². The smallest absolute Gasteiger partial charge is 0.152 e. The molecule has 0 aromatic heterocycles. The molecule has 0 aliphatic rings. The molecule has 1 nitrogen and oxygen atoms in total. The highest BCUT2D eigenvalue weighted by Crippen LogP contribution is 2.21. The van der Waals surface area contributed by atoms with Gasteiger partial charge in [0.1, 0.15) is 5.38 Å². The third-order valence-electron chi connectivity index (χ3n) is 2.45. The topological polar surface area (TPSA) is 17.1 Å². The first kappa shape index (κ1) is 12.3. The van der Waals surface area contributed by atoms with Crippen molar-refractivity contribution in [2.45, 2.75) is 38.5 Å². The molecule has 0 bridgehead atoms. The Bertz CT molecular complexity index is 316. The minimum atomic E-state index is -0.495. The minimum absolute atomic E-state index is 0.00188. The highest BCUT2D eigenvalue weighted by Gasteiger charge is 2.12. The number of alkyl halides is 1. The van der Waals surface area contributed by atoms with E-state index in [1.165, 1.54) is 25.3 Å². The molecule has 0 saturated carbocycles. The summed E-state index contributed by atoms with van der Waals surface area (Å²) in [6.07, 6.45) is 3.51. The summed E-state index contributed by atoms with van der Waals surface area (Å²) < 4.78 is 0. The van der Waals surface area contributed by atoms with Crippen LogP contribution in [0.3, 0.4) is 0 Å². The number of halogens is 1. The Hall–Kier alpha value is -0.820. The Morgan fingerprint density at radius 3 is 2.40 bits per heavy atom. The number of hydrogen-bond donors (Lipinski definition) is 0. The number of ketones is 1. The van der Waals surface area contributed by atoms with Gasteiger partial charge in [0.05, 0.1) is 0 Å². The lowest BCUT2D eigenvalue weighted by molar-refractivity contribution is -0.116. The molecule has 1 aromatic carbocycles. The number of unbranched alkanes of at least 4 members (excludes halogenated alkanes) is 1. The lowest BCUT2D eigenvalue weighted by atomic mass is 10.0. The molecule has 0 spiro atoms. The van der Waals surface area contributed by atoms with Crippen molar-refractivity contribution in [2.75, 3.05) is 0 Å². The van der Waals surface area contributed by atoms with Crippen LogP contribution in [0.15, 0.2) is 24.3 Å². The summed E-state index contributed by atoms with van der Waals surface area (Å²) in [6.45, 7) is 3.70. The van der Waals surface area contributed by atoms with Crippen molar-refractivity contribution < 1.29 is 4.79 Å². The monoisotopic (exact) mass is 224 g/mol. The molecule has 0 aliphatic carbocycles. The van der Waals surface area contributed by atoms with Gasteiger partial charge in [0.25, 0.3) is 0 Å². The number of benzene rings is 1. The van der Waals surface area contributed by atoms with Crippen molar-refractivity contribution >= 4 is 17.4 Å². The lowest BCUT2D eigenvalue weighted by Gasteiger charge is -2.06. The normalized spacial score (nSPS) is 12.5. The second-order valence-electron chi connectivity index (χ2n) is 3.82. The van der Waals surface area contributed by atoms with E-state index >= 15 is 0 Å². The predicted molar refractivity (Wildman–Crippen MR) is 64.3 cm³/mol. The Kier molecular flexibility index (Phi) is 4.83. The summed E-state index contributed by atoms with van der Waals surface area (Å²) in [6, 6.07) is 8.01. The molecule has 1 unspecified atom stereocenters. The van der Waals surface area contributed by atoms with E-state index in [4.69, 9.17) is 11.6 Å². The lowest BCUT2D eigenvalue weighted by Crippen LogP contribution is -2.01. The molecule has 1 rings (SSSR count). The van der Waals surface area contributed by atoms with Gasteiger partial charge in [0, 0.05) is 0 Å². The molecule has 1 aromatic rings. The zero-order valence-electron chi connectivity index (χ0n) is 9.29. The molecule has 0 amide bonds. The second kappa shape index (κ2) is 5.92. The maximum absolute atomic E-state index is 11.1. The number of aryl methyl sites for hydroxylation is 1. The Morgan fingerprint density at radius 2 is 1.93 bits per heavy atom. The van der Waals surface area contributed by atoms with Gasteiger partial charge in [-0.05, 0) is 30.9 Å². The first-order valence-corrected chi connectivity index (χ1v) is 5.82. The summed E-state index contributed by atoms with van der Waals surface area (Å²) in [5.74, 6) is -0.00188. The van der Waals surface area contributed by atoms with Gasteiger partial charge < -0.3 is 0 Å². The van der Waals surface area contributed by atoms with Gasteiger partial charge in [-0.2, -0.15) is 0 Å². The molecule has 2 heteroatoms. The fraction of sp³-hybridized carbons (Fsp3) is 0.462. The molecule has 1 atom stereocenters. The molecular weight excluding hydrogens is 208 g/mol. The van der Waals surface area contributed by atoms with Gasteiger partial charge in [-0.15, -0.1) is 11.6 Å². The highest BCUT2D eigenvalue weighted by molar-refractivity contribution is 6.30. The van der Waals surface area contributed by atoms with E-state index in [9.17, 15) is 4.79 Å². The standard InChI is InChI=1S/C13H17ClO/c1-3-4-5-11-6-8-12(9-7-11)13(14)10(2)15/h6-9,13H,3-5H2,1-2H3. The van der Waals surface area contributed by atoms with Crippen LogP contribution in [0.25, 0.3) is 0 Å². The molecule has 0 heterocycles. The van der Waals surface area contributed by atoms with Gasteiger partial charge in [-0.25, -0.2) is 0 Å². The van der Waals surface area contributed by atoms with Crippen LogP contribution in [0.5, 0.6) is 0 Å². The fourth-order valence-electron chi connectivity index (χ4n) is 1.47. The molecule has 0 N–H and O–H groups in total. The van der Waals surface area contributed by atoms with Crippen LogP contribution in [-0.4, -0.2) is 5.78 Å². The SMILES string of the molecule is CCCCc1ccc(C(Cl)C(C)=O)cc1. The van der Waals surface area contributed by atoms with Crippen molar-refractivity contribution in [3.05, 3.63) is 35.4 Å². The zero-order valence-corrected chi connectivity index (χ0v) is 10.1. The van der Waals surface area contributed by atoms with E-state index in [2.05, 4.69) is 19.1 Å². The average Bonchev–Trinajstić information content (AvgIpc) is 2.26. The summed E-state index contributed by atoms with van der Waals surface area (Å²) in [5, 5.41) is -0.495. The van der Waals surface area contributed by atoms with Crippen molar-refractivity contribution in [2.24, 2.45) is 0 Å². The van der Waals surface area contributed by atoms with Crippen LogP contribution in [0, 0.1) is 0 Å². The molecule has 0 radical (unpaired) electrons. The van der Waals surface area contributed by atoms with Crippen LogP contribution in [0.2, 0.25) is 0 Å². The van der Waals surface area contributed by atoms with Crippen LogP contribution < -0.4 is 0 Å². The number of carbonyl (C=O) groups excluding carboxylic acids is 1. The van der Waals surface area contributed by atoms with E-state index in [0.29, 0.717) is 0 Å². The molecule has 0 saturated heterocycles. The first-order chi connectivity index (χ1) is 7.15. The maximum Gasteiger partial charge on any atom is 0.152 e. The van der Waals surface area contributed by atoms with Gasteiger partial charge in [-0.1, -0.05) is 37.6 Å². The quantitative estimate of drug-likeness (QED) is 0.694. The van der Waals surface area contributed by atoms with Crippen molar-refractivity contribution in [1.82, 2.24) is 0 Å². The number of Topliss-reactive ketones (excluding diaryl/α,β-unsaturated/α-hetero) is 1. The largest absolute Gasteiger partial charge is 0.298 e. The minimum Gasteiger partial charge on any atom is -0.298 e. The number of rotatable bonds is 5. The van der Waals surface area contributed by atoms with Gasteiger partial charge >= 0.3 is 0 Å². The van der Waals surface area contributed by atoms with Crippen molar-refractivity contribution in [3.63, 3.8) is 0 Å². The third-order valence-corrected chi connectivity index (χ3v) is 3.01. The Balaban J connectivity index is 2.67. The summed E-state index contributed by atoms with van der Waals surface area (Å²) in [7, 11) is 0. The maximum atomic E-state index is 11.1. The molecular formula is C13H17ClO. The van der Waals surface area contributed by atoms with Crippen LogP contribution in [0.1, 0.15) is 43.2 Å². The first-order valence-electron chi connectivity index (χ1n) is 5.38. The van der Waals surface area contributed by atoms with E-state index in [1.54, 1.807) is 0 Å². The molecule has 0 fully saturated rings. The zero-order chi connectivity index (χ0) is 11.3. The average molecular weight is 225 g/mol. The highest BCUT2D eigenvalue weighted by atomic mass is 35.5. The van der Waals surface area contributed by atoms with E-state index in [0.717, 1.165) is 12.0 Å². The molecule has 82 valence electrons. The Labute approximate surface area is 96.5 Å². The molecule has 0 aliphatic heterocycles.